The Labute approximate surface area is 157 Å². The van der Waals surface area contributed by atoms with Crippen LogP contribution in [-0.2, 0) is 12.7 Å². The van der Waals surface area contributed by atoms with E-state index in [1.807, 2.05) is 0 Å². The monoisotopic (exact) mass is 442 g/mol. The first-order valence-electron chi connectivity index (χ1n) is 7.36. The average molecular weight is 443 g/mol. The predicted octanol–water partition coefficient (Wildman–Crippen LogP) is 2.83. The summed E-state index contributed by atoms with van der Waals surface area (Å²) in [5.41, 5.74) is 2.54. The smallest absolute Gasteiger partial charge is 0.419 e. The number of rotatable bonds is 4. The number of carbonyl (C=O) groups excluding carboxylic acids is 1. The maximum absolute atomic E-state index is 13.2. The van der Waals surface area contributed by atoms with Gasteiger partial charge in [0.1, 0.15) is 17.8 Å². The number of benzene rings is 1. The molecule has 0 bridgehead atoms. The molecule has 1 aromatic carbocycles. The van der Waals surface area contributed by atoms with Gasteiger partial charge in [0.05, 0.1) is 5.56 Å². The van der Waals surface area contributed by atoms with E-state index in [4.69, 9.17) is 10.2 Å². The first-order chi connectivity index (χ1) is 12.7. The molecule has 2 heterocycles. The molecule has 3 rings (SSSR count). The van der Waals surface area contributed by atoms with E-state index in [0.29, 0.717) is 20.7 Å². The lowest BCUT2D eigenvalue weighted by Crippen LogP contribution is -2.34. The number of hydrogen-bond acceptors (Lipinski definition) is 5. The fraction of sp³-hybridized carbons (Fsp3) is 0.125. The molecule has 140 valence electrons. The topological polar surface area (TPSA) is 104 Å². The molecule has 1 amide bonds. The maximum atomic E-state index is 13.2. The van der Waals surface area contributed by atoms with Crippen molar-refractivity contribution in [3.63, 3.8) is 0 Å². The van der Waals surface area contributed by atoms with Gasteiger partial charge in [0, 0.05) is 4.47 Å². The van der Waals surface area contributed by atoms with Gasteiger partial charge >= 0.3 is 6.18 Å². The minimum atomic E-state index is -4.83. The van der Waals surface area contributed by atoms with E-state index in [1.165, 1.54) is 0 Å². The van der Waals surface area contributed by atoms with Crippen molar-refractivity contribution in [2.24, 2.45) is 5.73 Å². The van der Waals surface area contributed by atoms with Gasteiger partial charge in [0.15, 0.2) is 0 Å². The molecule has 7 nitrogen and oxygen atoms in total. The van der Waals surface area contributed by atoms with Crippen LogP contribution >= 0.6 is 15.9 Å². The lowest BCUT2D eigenvalue weighted by Gasteiger charge is -2.14. The second-order valence-corrected chi connectivity index (χ2v) is 6.22. The highest BCUT2D eigenvalue weighted by Crippen LogP contribution is 2.30. The molecule has 0 saturated carbocycles. The second kappa shape index (κ2) is 6.99. The van der Waals surface area contributed by atoms with Crippen molar-refractivity contribution in [2.45, 2.75) is 12.7 Å². The summed E-state index contributed by atoms with van der Waals surface area (Å²) in [6.45, 7) is -0.674. The summed E-state index contributed by atoms with van der Waals surface area (Å²) in [6, 6.07) is 8.21. The van der Waals surface area contributed by atoms with E-state index >= 15 is 0 Å². The molecule has 2 N–H and O–H groups in total. The lowest BCUT2D eigenvalue weighted by atomic mass is 10.2. The van der Waals surface area contributed by atoms with Crippen LogP contribution in [-0.4, -0.2) is 20.7 Å². The molecule has 0 fully saturated rings. The van der Waals surface area contributed by atoms with Gasteiger partial charge in [-0.05, 0) is 40.2 Å². The van der Waals surface area contributed by atoms with Gasteiger partial charge in [0.25, 0.3) is 11.5 Å². The quantitative estimate of drug-likeness (QED) is 0.668. The zero-order valence-electron chi connectivity index (χ0n) is 13.3. The second-order valence-electron chi connectivity index (χ2n) is 5.37. The first kappa shape index (κ1) is 18.8. The van der Waals surface area contributed by atoms with Crippen LogP contribution in [0.5, 0.6) is 0 Å². The molecule has 0 aliphatic carbocycles. The highest BCUT2D eigenvalue weighted by atomic mass is 79.9. The molecule has 27 heavy (non-hydrogen) atoms. The third-order valence-electron chi connectivity index (χ3n) is 3.59. The molecule has 0 radical (unpaired) electrons. The zero-order valence-corrected chi connectivity index (χ0v) is 14.9. The van der Waals surface area contributed by atoms with Crippen LogP contribution in [0.1, 0.15) is 21.9 Å². The van der Waals surface area contributed by atoms with Crippen molar-refractivity contribution in [3.8, 4) is 11.5 Å². The summed E-state index contributed by atoms with van der Waals surface area (Å²) in [4.78, 5) is 23.6. The minimum absolute atomic E-state index is 0.0603. The zero-order chi connectivity index (χ0) is 19.8. The van der Waals surface area contributed by atoms with Gasteiger partial charge in [-0.25, -0.2) is 0 Å². The fourth-order valence-corrected chi connectivity index (χ4v) is 2.82. The molecule has 3 aromatic rings. The largest absolute Gasteiger partial charge is 0.431 e. The Bertz CT molecular complexity index is 1080. The number of amides is 1. The van der Waals surface area contributed by atoms with Crippen LogP contribution in [0.25, 0.3) is 11.5 Å². The van der Waals surface area contributed by atoms with Gasteiger partial charge in [-0.15, -0.1) is 10.2 Å². The number of pyridine rings is 1. The predicted molar refractivity (Wildman–Crippen MR) is 90.8 cm³/mol. The van der Waals surface area contributed by atoms with E-state index < -0.39 is 35.4 Å². The Morgan fingerprint density at radius 1 is 1.19 bits per heavy atom. The van der Waals surface area contributed by atoms with E-state index in [1.54, 1.807) is 24.3 Å². The molecule has 0 spiro atoms. The van der Waals surface area contributed by atoms with Crippen molar-refractivity contribution < 1.29 is 22.4 Å². The van der Waals surface area contributed by atoms with Gasteiger partial charge < -0.3 is 10.2 Å². The number of primary amides is 1. The molecular formula is C16H10BrF3N4O3. The van der Waals surface area contributed by atoms with Gasteiger partial charge in [-0.1, -0.05) is 12.1 Å². The number of nitrogens with two attached hydrogens (primary N) is 1. The molecule has 0 aliphatic rings. The summed E-state index contributed by atoms with van der Waals surface area (Å²) in [6.07, 6.45) is -4.83. The number of alkyl halides is 3. The SMILES string of the molecule is NC(=O)c1ccc(C(F)(F)F)n(Cc2nnc(-c3ccccc3Br)o2)c1=O. The van der Waals surface area contributed by atoms with E-state index in [2.05, 4.69) is 26.1 Å². The molecular weight excluding hydrogens is 433 g/mol. The van der Waals surface area contributed by atoms with E-state index in [-0.39, 0.29) is 11.8 Å². The highest BCUT2D eigenvalue weighted by Gasteiger charge is 2.35. The van der Waals surface area contributed by atoms with Crippen LogP contribution in [0.3, 0.4) is 0 Å². The molecule has 0 saturated heterocycles. The Morgan fingerprint density at radius 2 is 1.89 bits per heavy atom. The van der Waals surface area contributed by atoms with Gasteiger partial charge in [0.2, 0.25) is 11.8 Å². The van der Waals surface area contributed by atoms with Crippen molar-refractivity contribution in [2.75, 3.05) is 0 Å². The van der Waals surface area contributed by atoms with Crippen LogP contribution in [0.2, 0.25) is 0 Å². The third kappa shape index (κ3) is 3.77. The summed E-state index contributed by atoms with van der Waals surface area (Å²) >= 11 is 3.30. The summed E-state index contributed by atoms with van der Waals surface area (Å²) in [7, 11) is 0. The maximum Gasteiger partial charge on any atom is 0.431 e. The standard InChI is InChI=1S/C16H10BrF3N4O3/c17-10-4-2-1-3-8(10)14-23-22-12(27-14)7-24-11(16(18,19)20)6-5-9(13(21)25)15(24)26/h1-6H,7H2,(H2,21,25). The van der Waals surface area contributed by atoms with Crippen LogP contribution in [0.15, 0.2) is 50.1 Å². The molecule has 0 atom stereocenters. The normalized spacial score (nSPS) is 11.6. The van der Waals surface area contributed by atoms with Crippen molar-refractivity contribution in [3.05, 3.63) is 68.4 Å². The summed E-state index contributed by atoms with van der Waals surface area (Å²) < 4.78 is 46.1. The van der Waals surface area contributed by atoms with Crippen molar-refractivity contribution in [1.82, 2.24) is 14.8 Å². The Kier molecular flexibility index (Phi) is 4.87. The van der Waals surface area contributed by atoms with E-state index in [9.17, 15) is 22.8 Å². The highest BCUT2D eigenvalue weighted by molar-refractivity contribution is 9.10. The van der Waals surface area contributed by atoms with Crippen molar-refractivity contribution >= 4 is 21.8 Å². The van der Waals surface area contributed by atoms with Crippen molar-refractivity contribution in [1.29, 1.82) is 0 Å². The third-order valence-corrected chi connectivity index (χ3v) is 4.29. The first-order valence-corrected chi connectivity index (χ1v) is 8.16. The summed E-state index contributed by atoms with van der Waals surface area (Å²) in [5.74, 6) is -1.32. The molecule has 2 aromatic heterocycles. The Balaban J connectivity index is 2.06. The molecule has 11 heteroatoms. The van der Waals surface area contributed by atoms with E-state index in [0.717, 1.165) is 6.07 Å². The van der Waals surface area contributed by atoms with Crippen LogP contribution in [0, 0.1) is 0 Å². The van der Waals surface area contributed by atoms with Gasteiger partial charge in [-0.2, -0.15) is 13.2 Å². The van der Waals surface area contributed by atoms with Gasteiger partial charge in [-0.3, -0.25) is 14.2 Å². The number of nitrogens with zero attached hydrogens (tertiary/aromatic N) is 3. The summed E-state index contributed by atoms with van der Waals surface area (Å²) in [5, 5.41) is 7.47. The van der Waals surface area contributed by atoms with Crippen LogP contribution in [0.4, 0.5) is 13.2 Å². The number of halogens is 4. The fourth-order valence-electron chi connectivity index (χ4n) is 2.37. The average Bonchev–Trinajstić information content (AvgIpc) is 3.04. The Morgan fingerprint density at radius 3 is 2.52 bits per heavy atom. The number of hydrogen-bond donors (Lipinski definition) is 1. The number of aromatic nitrogens is 3. The Hall–Kier alpha value is -2.95. The number of carbonyl (C=O) groups is 1. The molecule has 0 aliphatic heterocycles. The minimum Gasteiger partial charge on any atom is -0.419 e. The lowest BCUT2D eigenvalue weighted by molar-refractivity contribution is -0.144. The molecule has 0 unspecified atom stereocenters. The van der Waals surface area contributed by atoms with Crippen LogP contribution < -0.4 is 11.3 Å².